The molecule has 1 saturated heterocycles. The molecule has 0 saturated carbocycles. The Labute approximate surface area is 152 Å². The van der Waals surface area contributed by atoms with Crippen molar-refractivity contribution in [3.8, 4) is 11.5 Å². The molecule has 0 unspecified atom stereocenters. The van der Waals surface area contributed by atoms with E-state index in [0.717, 1.165) is 48.3 Å². The van der Waals surface area contributed by atoms with Gasteiger partial charge in [-0.2, -0.15) is 5.10 Å². The number of anilines is 1. The SMILES string of the molecule is COc1cc2cnnc(N3CCC(c4ncccn4)CC3)c2cc1OC. The quantitative estimate of drug-likeness (QED) is 0.715. The zero-order chi connectivity index (χ0) is 17.9. The lowest BCUT2D eigenvalue weighted by Gasteiger charge is -2.32. The van der Waals surface area contributed by atoms with Gasteiger partial charge < -0.3 is 14.4 Å². The molecule has 7 nitrogen and oxygen atoms in total. The van der Waals surface area contributed by atoms with E-state index < -0.39 is 0 Å². The predicted octanol–water partition coefficient (Wildman–Crippen LogP) is 2.82. The molecule has 1 aliphatic heterocycles. The van der Waals surface area contributed by atoms with Gasteiger partial charge in [-0.25, -0.2) is 9.97 Å². The third-order valence-corrected chi connectivity index (χ3v) is 4.89. The first-order valence-electron chi connectivity index (χ1n) is 8.69. The van der Waals surface area contributed by atoms with Gasteiger partial charge in [0.15, 0.2) is 17.3 Å². The van der Waals surface area contributed by atoms with Crippen molar-refractivity contribution in [2.75, 3.05) is 32.2 Å². The Bertz CT molecular complexity index is 895. The second kappa shape index (κ2) is 7.11. The first-order chi connectivity index (χ1) is 12.8. The minimum atomic E-state index is 0.394. The van der Waals surface area contributed by atoms with E-state index in [2.05, 4.69) is 25.1 Å². The van der Waals surface area contributed by atoms with Gasteiger partial charge in [0.05, 0.1) is 20.4 Å². The minimum Gasteiger partial charge on any atom is -0.493 e. The van der Waals surface area contributed by atoms with Crippen LogP contribution in [-0.2, 0) is 0 Å². The third-order valence-electron chi connectivity index (χ3n) is 4.89. The zero-order valence-corrected chi connectivity index (χ0v) is 14.9. The summed E-state index contributed by atoms with van der Waals surface area (Å²) < 4.78 is 10.8. The summed E-state index contributed by atoms with van der Waals surface area (Å²) in [6.07, 6.45) is 7.37. The fourth-order valence-corrected chi connectivity index (χ4v) is 3.50. The predicted molar refractivity (Wildman–Crippen MR) is 98.9 cm³/mol. The maximum atomic E-state index is 5.45. The summed E-state index contributed by atoms with van der Waals surface area (Å²) in [6.45, 7) is 1.79. The number of rotatable bonds is 4. The van der Waals surface area contributed by atoms with E-state index in [0.29, 0.717) is 17.4 Å². The van der Waals surface area contributed by atoms with E-state index in [1.54, 1.807) is 20.4 Å². The summed E-state index contributed by atoms with van der Waals surface area (Å²) in [5.41, 5.74) is 0. The van der Waals surface area contributed by atoms with Crippen molar-refractivity contribution < 1.29 is 9.47 Å². The van der Waals surface area contributed by atoms with E-state index >= 15 is 0 Å². The lowest BCUT2D eigenvalue weighted by molar-refractivity contribution is 0.356. The number of benzene rings is 1. The zero-order valence-electron chi connectivity index (χ0n) is 14.9. The molecule has 0 aliphatic carbocycles. The molecule has 4 rings (SSSR count). The van der Waals surface area contributed by atoms with Crippen LogP contribution in [0.5, 0.6) is 11.5 Å². The van der Waals surface area contributed by atoms with Gasteiger partial charge in [0.2, 0.25) is 0 Å². The fourth-order valence-electron chi connectivity index (χ4n) is 3.50. The van der Waals surface area contributed by atoms with Crippen molar-refractivity contribution in [2.24, 2.45) is 0 Å². The number of piperidine rings is 1. The molecule has 26 heavy (non-hydrogen) atoms. The minimum absolute atomic E-state index is 0.394. The molecule has 0 bridgehead atoms. The molecule has 0 N–H and O–H groups in total. The molecular weight excluding hydrogens is 330 g/mol. The lowest BCUT2D eigenvalue weighted by Crippen LogP contribution is -2.34. The average molecular weight is 351 g/mol. The van der Waals surface area contributed by atoms with Gasteiger partial charge in [-0.15, -0.1) is 5.10 Å². The molecule has 1 aromatic carbocycles. The number of nitrogens with zero attached hydrogens (tertiary/aromatic N) is 5. The van der Waals surface area contributed by atoms with Crippen LogP contribution >= 0.6 is 0 Å². The van der Waals surface area contributed by atoms with Crippen LogP contribution in [0.15, 0.2) is 36.8 Å². The highest BCUT2D eigenvalue weighted by molar-refractivity contribution is 5.94. The fraction of sp³-hybridized carbons (Fsp3) is 0.368. The van der Waals surface area contributed by atoms with Gasteiger partial charge in [0.1, 0.15) is 5.82 Å². The Morgan fingerprint density at radius 2 is 1.69 bits per heavy atom. The van der Waals surface area contributed by atoms with Gasteiger partial charge >= 0.3 is 0 Å². The number of hydrogen-bond acceptors (Lipinski definition) is 7. The highest BCUT2D eigenvalue weighted by atomic mass is 16.5. The summed E-state index contributed by atoms with van der Waals surface area (Å²) >= 11 is 0. The highest BCUT2D eigenvalue weighted by Gasteiger charge is 2.25. The van der Waals surface area contributed by atoms with Crippen LogP contribution in [0.3, 0.4) is 0 Å². The molecule has 0 amide bonds. The smallest absolute Gasteiger partial charge is 0.161 e. The van der Waals surface area contributed by atoms with Crippen molar-refractivity contribution in [3.05, 3.63) is 42.6 Å². The topological polar surface area (TPSA) is 73.3 Å². The third kappa shape index (κ3) is 3.00. The second-order valence-electron chi connectivity index (χ2n) is 6.33. The molecule has 0 radical (unpaired) electrons. The van der Waals surface area contributed by atoms with Gasteiger partial charge in [0.25, 0.3) is 0 Å². The van der Waals surface area contributed by atoms with Crippen molar-refractivity contribution in [1.29, 1.82) is 0 Å². The molecule has 7 heteroatoms. The van der Waals surface area contributed by atoms with Crippen molar-refractivity contribution >= 4 is 16.6 Å². The molecular formula is C19H21N5O2. The van der Waals surface area contributed by atoms with Gasteiger partial charge in [-0.1, -0.05) is 0 Å². The van der Waals surface area contributed by atoms with Crippen LogP contribution in [0, 0.1) is 0 Å². The number of aromatic nitrogens is 4. The molecule has 0 atom stereocenters. The number of methoxy groups -OCH3 is 2. The summed E-state index contributed by atoms with van der Waals surface area (Å²) in [5.74, 6) is 3.60. The molecule has 3 heterocycles. The normalized spacial score (nSPS) is 15.2. The summed E-state index contributed by atoms with van der Waals surface area (Å²) in [5, 5.41) is 10.6. The van der Waals surface area contributed by atoms with E-state index in [1.165, 1.54) is 0 Å². The van der Waals surface area contributed by atoms with Crippen LogP contribution in [0.1, 0.15) is 24.6 Å². The van der Waals surface area contributed by atoms with E-state index in [9.17, 15) is 0 Å². The van der Waals surface area contributed by atoms with E-state index in [1.807, 2.05) is 30.6 Å². The Balaban J connectivity index is 1.61. The Morgan fingerprint density at radius 1 is 1.00 bits per heavy atom. The second-order valence-corrected chi connectivity index (χ2v) is 6.33. The number of ether oxygens (including phenoxy) is 2. The van der Waals surface area contributed by atoms with Gasteiger partial charge in [-0.3, -0.25) is 0 Å². The maximum absolute atomic E-state index is 5.45. The summed E-state index contributed by atoms with van der Waals surface area (Å²) in [7, 11) is 3.28. The molecule has 134 valence electrons. The molecule has 1 fully saturated rings. The van der Waals surface area contributed by atoms with Gasteiger partial charge in [-0.05, 0) is 31.0 Å². The largest absolute Gasteiger partial charge is 0.493 e. The Morgan fingerprint density at radius 3 is 2.38 bits per heavy atom. The van der Waals surface area contributed by atoms with Crippen LogP contribution in [0.2, 0.25) is 0 Å². The van der Waals surface area contributed by atoms with Gasteiger partial charge in [0, 0.05) is 42.2 Å². The molecule has 2 aromatic heterocycles. The first kappa shape index (κ1) is 16.5. The van der Waals surface area contributed by atoms with Crippen LogP contribution in [0.25, 0.3) is 10.8 Å². The van der Waals surface area contributed by atoms with E-state index in [4.69, 9.17) is 9.47 Å². The number of hydrogen-bond donors (Lipinski definition) is 0. The van der Waals surface area contributed by atoms with Crippen molar-refractivity contribution in [2.45, 2.75) is 18.8 Å². The Hall–Kier alpha value is -2.96. The summed E-state index contributed by atoms with van der Waals surface area (Å²) in [6, 6.07) is 5.77. The average Bonchev–Trinajstić information content (AvgIpc) is 2.73. The van der Waals surface area contributed by atoms with Crippen LogP contribution < -0.4 is 14.4 Å². The van der Waals surface area contributed by atoms with Crippen molar-refractivity contribution in [3.63, 3.8) is 0 Å². The molecule has 0 spiro atoms. The maximum Gasteiger partial charge on any atom is 0.161 e. The Kier molecular flexibility index (Phi) is 4.51. The highest BCUT2D eigenvalue weighted by Crippen LogP contribution is 2.36. The lowest BCUT2D eigenvalue weighted by atomic mass is 9.95. The monoisotopic (exact) mass is 351 g/mol. The standard InChI is InChI=1S/C19H21N5O2/c1-25-16-10-14-12-22-23-19(15(14)11-17(16)26-2)24-8-4-13(5-9-24)18-20-6-3-7-21-18/h3,6-7,10-13H,4-5,8-9H2,1-2H3. The molecule has 3 aromatic rings. The summed E-state index contributed by atoms with van der Waals surface area (Å²) in [4.78, 5) is 11.1. The van der Waals surface area contributed by atoms with Crippen LogP contribution in [-0.4, -0.2) is 47.5 Å². The van der Waals surface area contributed by atoms with E-state index in [-0.39, 0.29) is 0 Å². The number of fused-ring (bicyclic) bond motifs is 1. The van der Waals surface area contributed by atoms with Crippen LogP contribution in [0.4, 0.5) is 5.82 Å². The molecule has 1 aliphatic rings. The van der Waals surface area contributed by atoms with Crippen molar-refractivity contribution in [1.82, 2.24) is 20.2 Å². The first-order valence-corrected chi connectivity index (χ1v) is 8.69.